The molecule has 0 aliphatic carbocycles. The molecule has 3 rings (SSSR count). The van der Waals surface area contributed by atoms with Gasteiger partial charge < -0.3 is 23.9 Å². The zero-order valence-corrected chi connectivity index (χ0v) is 14.5. The quantitative estimate of drug-likeness (QED) is 0.771. The number of H-pyrrole nitrogens is 1. The molecule has 0 spiro atoms. The fraction of sp³-hybridized carbons (Fsp3) is 0.211. The van der Waals surface area contributed by atoms with Crippen LogP contribution in [0.1, 0.15) is 0 Å². The summed E-state index contributed by atoms with van der Waals surface area (Å²) in [5.74, 6) is 1.97. The van der Waals surface area contributed by atoms with Gasteiger partial charge >= 0.3 is 0 Å². The Labute approximate surface area is 144 Å². The number of aromatic nitrogens is 1. The van der Waals surface area contributed by atoms with Gasteiger partial charge in [0.2, 0.25) is 5.75 Å². The molecule has 1 aromatic heterocycles. The summed E-state index contributed by atoms with van der Waals surface area (Å²) in [7, 11) is 6.15. The predicted molar refractivity (Wildman–Crippen MR) is 96.2 cm³/mol. The molecule has 0 atom stereocenters. The molecule has 0 radical (unpaired) electrons. The molecule has 0 aliphatic heterocycles. The second-order valence-corrected chi connectivity index (χ2v) is 5.34. The van der Waals surface area contributed by atoms with Gasteiger partial charge in [-0.3, -0.25) is 4.79 Å². The van der Waals surface area contributed by atoms with Crippen LogP contribution >= 0.6 is 0 Å². The molecule has 0 saturated carbocycles. The van der Waals surface area contributed by atoms with Crippen molar-refractivity contribution < 1.29 is 18.9 Å². The number of ether oxygens (including phenoxy) is 4. The average molecular weight is 341 g/mol. The predicted octanol–water partition coefficient (Wildman–Crippen LogP) is 3.23. The summed E-state index contributed by atoms with van der Waals surface area (Å²) < 4.78 is 21.3. The van der Waals surface area contributed by atoms with Crippen LogP contribution in [0.25, 0.3) is 22.2 Å². The summed E-state index contributed by atoms with van der Waals surface area (Å²) in [6.45, 7) is 0. The van der Waals surface area contributed by atoms with E-state index in [0.29, 0.717) is 33.8 Å². The van der Waals surface area contributed by atoms with E-state index < -0.39 is 0 Å². The number of pyridine rings is 1. The molecule has 3 aromatic rings. The van der Waals surface area contributed by atoms with Crippen LogP contribution in [-0.4, -0.2) is 33.4 Å². The van der Waals surface area contributed by atoms with E-state index in [-0.39, 0.29) is 5.43 Å². The van der Waals surface area contributed by atoms with E-state index in [4.69, 9.17) is 18.9 Å². The van der Waals surface area contributed by atoms with Crippen molar-refractivity contribution in [2.75, 3.05) is 28.4 Å². The second kappa shape index (κ2) is 6.76. The highest BCUT2D eigenvalue weighted by Gasteiger charge is 2.19. The molecular weight excluding hydrogens is 322 g/mol. The number of hydrogen-bond donors (Lipinski definition) is 1. The maximum Gasteiger partial charge on any atom is 0.204 e. The zero-order chi connectivity index (χ0) is 18.0. The van der Waals surface area contributed by atoms with E-state index in [1.165, 1.54) is 21.3 Å². The molecule has 130 valence electrons. The number of hydrogen-bond acceptors (Lipinski definition) is 5. The highest BCUT2D eigenvalue weighted by Crippen LogP contribution is 2.41. The molecule has 0 bridgehead atoms. The van der Waals surface area contributed by atoms with Crippen molar-refractivity contribution in [3.8, 4) is 34.3 Å². The highest BCUT2D eigenvalue weighted by molar-refractivity contribution is 5.91. The number of nitrogens with one attached hydrogen (secondary N) is 1. The van der Waals surface area contributed by atoms with Crippen molar-refractivity contribution in [2.24, 2.45) is 0 Å². The van der Waals surface area contributed by atoms with Crippen LogP contribution in [0.2, 0.25) is 0 Å². The van der Waals surface area contributed by atoms with E-state index in [0.717, 1.165) is 11.3 Å². The maximum absolute atomic E-state index is 12.7. The van der Waals surface area contributed by atoms with E-state index in [9.17, 15) is 4.79 Å². The Morgan fingerprint density at radius 3 is 2.04 bits per heavy atom. The van der Waals surface area contributed by atoms with Crippen LogP contribution in [0, 0.1) is 0 Å². The number of benzene rings is 2. The van der Waals surface area contributed by atoms with Crippen LogP contribution in [-0.2, 0) is 0 Å². The molecule has 6 nitrogen and oxygen atoms in total. The number of methoxy groups -OCH3 is 4. The maximum atomic E-state index is 12.7. The van der Waals surface area contributed by atoms with E-state index in [1.54, 1.807) is 19.2 Å². The van der Waals surface area contributed by atoms with Gasteiger partial charge in [0.1, 0.15) is 5.75 Å². The van der Waals surface area contributed by atoms with Crippen molar-refractivity contribution in [3.63, 3.8) is 0 Å². The first-order valence-corrected chi connectivity index (χ1v) is 7.63. The van der Waals surface area contributed by atoms with Gasteiger partial charge in [-0.25, -0.2) is 0 Å². The van der Waals surface area contributed by atoms with Crippen LogP contribution < -0.4 is 24.4 Å². The molecule has 1 N–H and O–H groups in total. The second-order valence-electron chi connectivity index (χ2n) is 5.34. The fourth-order valence-electron chi connectivity index (χ4n) is 2.81. The molecular formula is C19H19NO5. The van der Waals surface area contributed by atoms with Gasteiger partial charge in [0.25, 0.3) is 0 Å². The van der Waals surface area contributed by atoms with Crippen molar-refractivity contribution in [3.05, 3.63) is 46.6 Å². The molecule has 0 amide bonds. The first-order valence-electron chi connectivity index (χ1n) is 7.63. The van der Waals surface area contributed by atoms with Gasteiger partial charge in [0.15, 0.2) is 16.9 Å². The van der Waals surface area contributed by atoms with E-state index >= 15 is 0 Å². The van der Waals surface area contributed by atoms with Crippen molar-refractivity contribution >= 4 is 10.9 Å². The lowest BCUT2D eigenvalue weighted by atomic mass is 10.1. The largest absolute Gasteiger partial charge is 0.497 e. The van der Waals surface area contributed by atoms with Crippen molar-refractivity contribution in [2.45, 2.75) is 0 Å². The van der Waals surface area contributed by atoms with Gasteiger partial charge in [0.05, 0.1) is 39.3 Å². The standard InChI is InChI=1S/C19H19NO5/c1-22-12-7-5-11(6-8-12)13-9-15(21)17-14(20-13)10-16(23-2)18(24-3)19(17)25-4/h5-10H,1-4H3,(H,20,21). The molecule has 2 aromatic carbocycles. The van der Waals surface area contributed by atoms with Crippen LogP contribution in [0.5, 0.6) is 23.0 Å². The van der Waals surface area contributed by atoms with Gasteiger partial charge in [0, 0.05) is 17.8 Å². The number of fused-ring (bicyclic) bond motifs is 1. The van der Waals surface area contributed by atoms with E-state index in [2.05, 4.69) is 4.98 Å². The Balaban J connectivity index is 2.26. The summed E-state index contributed by atoms with van der Waals surface area (Å²) >= 11 is 0. The SMILES string of the molecule is COc1ccc(-c2cc(=O)c3c(OC)c(OC)c(OC)cc3[nH]2)cc1. The lowest BCUT2D eigenvalue weighted by molar-refractivity contribution is 0.327. The summed E-state index contributed by atoms with van der Waals surface area (Å²) in [4.78, 5) is 16.0. The first kappa shape index (κ1) is 16.7. The Hall–Kier alpha value is -3.15. The smallest absolute Gasteiger partial charge is 0.204 e. The zero-order valence-electron chi connectivity index (χ0n) is 14.5. The lowest BCUT2D eigenvalue weighted by Crippen LogP contribution is -2.07. The van der Waals surface area contributed by atoms with Gasteiger partial charge in [-0.1, -0.05) is 0 Å². The minimum atomic E-state index is -0.169. The Morgan fingerprint density at radius 1 is 0.800 bits per heavy atom. The van der Waals surface area contributed by atoms with Crippen molar-refractivity contribution in [1.29, 1.82) is 0 Å². The number of aromatic amines is 1. The third-order valence-corrected chi connectivity index (χ3v) is 4.02. The minimum absolute atomic E-state index is 0.169. The average Bonchev–Trinajstić information content (AvgIpc) is 2.66. The lowest BCUT2D eigenvalue weighted by Gasteiger charge is -2.15. The third-order valence-electron chi connectivity index (χ3n) is 4.02. The Bertz CT molecular complexity index is 960. The summed E-state index contributed by atoms with van der Waals surface area (Å²) in [5, 5.41) is 0.414. The normalized spacial score (nSPS) is 10.6. The van der Waals surface area contributed by atoms with E-state index in [1.807, 2.05) is 24.3 Å². The minimum Gasteiger partial charge on any atom is -0.497 e. The topological polar surface area (TPSA) is 69.8 Å². The van der Waals surface area contributed by atoms with Crippen LogP contribution in [0.15, 0.2) is 41.2 Å². The van der Waals surface area contributed by atoms with Gasteiger partial charge in [-0.2, -0.15) is 0 Å². The summed E-state index contributed by atoms with van der Waals surface area (Å²) in [6.07, 6.45) is 0. The van der Waals surface area contributed by atoms with Crippen molar-refractivity contribution in [1.82, 2.24) is 4.98 Å². The van der Waals surface area contributed by atoms with Gasteiger partial charge in [-0.15, -0.1) is 0 Å². The van der Waals surface area contributed by atoms with Crippen LogP contribution in [0.3, 0.4) is 0 Å². The summed E-state index contributed by atoms with van der Waals surface area (Å²) in [6, 6.07) is 10.7. The monoisotopic (exact) mass is 341 g/mol. The Kier molecular flexibility index (Phi) is 4.52. The summed E-state index contributed by atoms with van der Waals surface area (Å²) in [5.41, 5.74) is 1.99. The van der Waals surface area contributed by atoms with Crippen LogP contribution in [0.4, 0.5) is 0 Å². The molecule has 0 aliphatic rings. The third kappa shape index (κ3) is 2.87. The first-order chi connectivity index (χ1) is 12.1. The molecule has 0 saturated heterocycles. The Morgan fingerprint density at radius 2 is 1.48 bits per heavy atom. The molecule has 0 fully saturated rings. The highest BCUT2D eigenvalue weighted by atomic mass is 16.5. The fourth-order valence-corrected chi connectivity index (χ4v) is 2.81. The molecule has 25 heavy (non-hydrogen) atoms. The molecule has 0 unspecified atom stereocenters. The molecule has 1 heterocycles. The molecule has 6 heteroatoms. The number of rotatable bonds is 5. The van der Waals surface area contributed by atoms with Gasteiger partial charge in [-0.05, 0) is 29.8 Å².